The molecule has 0 aromatic heterocycles. The predicted molar refractivity (Wildman–Crippen MR) is 122 cm³/mol. The summed E-state index contributed by atoms with van der Waals surface area (Å²) in [7, 11) is 1.63. The summed E-state index contributed by atoms with van der Waals surface area (Å²) in [6.07, 6.45) is -1.51. The van der Waals surface area contributed by atoms with Gasteiger partial charge in [0.15, 0.2) is 6.29 Å². The molecule has 0 bridgehead atoms. The van der Waals surface area contributed by atoms with Gasteiger partial charge in [0, 0.05) is 7.11 Å². The number of methoxy groups -OCH3 is 1. The molecule has 1 fully saturated rings. The summed E-state index contributed by atoms with van der Waals surface area (Å²) >= 11 is 0. The van der Waals surface area contributed by atoms with Crippen LogP contribution in [0.15, 0.2) is 91.0 Å². The van der Waals surface area contributed by atoms with Crippen molar-refractivity contribution in [1.29, 1.82) is 0 Å². The summed E-state index contributed by atoms with van der Waals surface area (Å²) in [5.41, 5.74) is 3.31. The quantitative estimate of drug-likeness (QED) is 0.436. The first-order valence-electron chi connectivity index (χ1n) is 10.9. The fourth-order valence-corrected chi connectivity index (χ4v) is 3.79. The van der Waals surface area contributed by atoms with Crippen LogP contribution in [0.4, 0.5) is 0 Å². The van der Waals surface area contributed by atoms with Crippen molar-refractivity contribution < 1.29 is 23.7 Å². The summed E-state index contributed by atoms with van der Waals surface area (Å²) in [5.74, 6) is 0. The highest BCUT2D eigenvalue weighted by molar-refractivity contribution is 5.15. The minimum atomic E-state index is -0.523. The highest BCUT2D eigenvalue weighted by Gasteiger charge is 2.46. The van der Waals surface area contributed by atoms with E-state index in [-0.39, 0.29) is 18.3 Å². The van der Waals surface area contributed by atoms with Crippen LogP contribution in [-0.4, -0.2) is 38.3 Å². The maximum atomic E-state index is 6.33. The molecule has 1 aliphatic heterocycles. The van der Waals surface area contributed by atoms with Crippen LogP contribution in [0.25, 0.3) is 0 Å². The van der Waals surface area contributed by atoms with Gasteiger partial charge in [-0.1, -0.05) is 91.0 Å². The minimum Gasteiger partial charge on any atom is -0.374 e. The van der Waals surface area contributed by atoms with Gasteiger partial charge in [-0.2, -0.15) is 0 Å². The van der Waals surface area contributed by atoms with Gasteiger partial charge in [0.2, 0.25) is 0 Å². The van der Waals surface area contributed by atoms with Gasteiger partial charge in [0.05, 0.1) is 26.4 Å². The van der Waals surface area contributed by atoms with Crippen LogP contribution in [0.2, 0.25) is 0 Å². The Labute approximate surface area is 189 Å². The van der Waals surface area contributed by atoms with E-state index < -0.39 is 6.29 Å². The van der Waals surface area contributed by atoms with Crippen LogP contribution in [0.3, 0.4) is 0 Å². The lowest BCUT2D eigenvalue weighted by atomic mass is 10.1. The average Bonchev–Trinajstić information content (AvgIpc) is 3.19. The SMILES string of the molecule is COC1O[C@H](COCc2ccccc2)[C@@H](OCc2ccccc2)[C@@H]1OCc1ccccc1. The first kappa shape index (κ1) is 22.6. The van der Waals surface area contributed by atoms with E-state index in [0.29, 0.717) is 26.4 Å². The lowest BCUT2D eigenvalue weighted by molar-refractivity contribution is -0.170. The molecule has 5 heteroatoms. The molecule has 0 spiro atoms. The van der Waals surface area contributed by atoms with Crippen molar-refractivity contribution in [3.8, 4) is 0 Å². The molecule has 0 N–H and O–H groups in total. The first-order valence-corrected chi connectivity index (χ1v) is 10.9. The van der Waals surface area contributed by atoms with Gasteiger partial charge >= 0.3 is 0 Å². The number of rotatable bonds is 11. The minimum absolute atomic E-state index is 0.298. The molecule has 3 aromatic carbocycles. The number of hydrogen-bond donors (Lipinski definition) is 0. The molecule has 1 aliphatic rings. The fourth-order valence-electron chi connectivity index (χ4n) is 3.79. The van der Waals surface area contributed by atoms with Crippen molar-refractivity contribution in [3.05, 3.63) is 108 Å². The third-order valence-electron chi connectivity index (χ3n) is 5.46. The number of benzene rings is 3. The van der Waals surface area contributed by atoms with Gasteiger partial charge in [-0.25, -0.2) is 0 Å². The summed E-state index contributed by atoms with van der Waals surface area (Å²) in [5, 5.41) is 0. The lowest BCUT2D eigenvalue weighted by Crippen LogP contribution is -2.39. The molecule has 32 heavy (non-hydrogen) atoms. The van der Waals surface area contributed by atoms with Crippen LogP contribution in [-0.2, 0) is 43.5 Å². The van der Waals surface area contributed by atoms with E-state index >= 15 is 0 Å². The van der Waals surface area contributed by atoms with E-state index in [1.54, 1.807) is 7.11 Å². The van der Waals surface area contributed by atoms with Crippen LogP contribution in [0.5, 0.6) is 0 Å². The maximum Gasteiger partial charge on any atom is 0.186 e. The Balaban J connectivity index is 1.42. The zero-order valence-corrected chi connectivity index (χ0v) is 18.3. The zero-order chi connectivity index (χ0) is 22.0. The van der Waals surface area contributed by atoms with Gasteiger partial charge in [0.25, 0.3) is 0 Å². The Morgan fingerprint density at radius 3 is 1.59 bits per heavy atom. The molecule has 5 nitrogen and oxygen atoms in total. The van der Waals surface area contributed by atoms with Crippen molar-refractivity contribution in [2.24, 2.45) is 0 Å². The van der Waals surface area contributed by atoms with Gasteiger partial charge < -0.3 is 23.7 Å². The molecule has 0 amide bonds. The Morgan fingerprint density at radius 2 is 1.09 bits per heavy atom. The topological polar surface area (TPSA) is 46.2 Å². The zero-order valence-electron chi connectivity index (χ0n) is 18.3. The normalized spacial score (nSPS) is 22.8. The van der Waals surface area contributed by atoms with Crippen LogP contribution >= 0.6 is 0 Å². The van der Waals surface area contributed by atoms with Crippen molar-refractivity contribution >= 4 is 0 Å². The smallest absolute Gasteiger partial charge is 0.186 e. The van der Waals surface area contributed by atoms with Crippen LogP contribution < -0.4 is 0 Å². The molecule has 3 aromatic rings. The third kappa shape index (κ3) is 6.25. The number of hydrogen-bond acceptors (Lipinski definition) is 5. The monoisotopic (exact) mass is 434 g/mol. The fraction of sp³-hybridized carbons (Fsp3) is 0.333. The third-order valence-corrected chi connectivity index (χ3v) is 5.46. The molecule has 4 atom stereocenters. The standard InChI is InChI=1S/C27H30O5/c1-28-27-26(31-19-23-15-9-4-10-16-23)25(30-18-22-13-7-3-8-14-22)24(32-27)20-29-17-21-11-5-2-6-12-21/h2-16,24-27H,17-20H2,1H3/t24-,25-,26+,27?/m1/s1. The van der Waals surface area contributed by atoms with Gasteiger partial charge in [-0.3, -0.25) is 0 Å². The van der Waals surface area contributed by atoms with E-state index in [1.165, 1.54) is 0 Å². The Hall–Kier alpha value is -2.54. The van der Waals surface area contributed by atoms with Crippen molar-refractivity contribution in [3.63, 3.8) is 0 Å². The second-order valence-electron chi connectivity index (χ2n) is 7.80. The highest BCUT2D eigenvalue weighted by Crippen LogP contribution is 2.29. The summed E-state index contributed by atoms with van der Waals surface area (Å²) in [6.45, 7) is 1.82. The van der Waals surface area contributed by atoms with Gasteiger partial charge in [-0.15, -0.1) is 0 Å². The molecule has 0 aliphatic carbocycles. The van der Waals surface area contributed by atoms with Gasteiger partial charge in [0.1, 0.15) is 18.3 Å². The molecule has 1 saturated heterocycles. The van der Waals surface area contributed by atoms with Gasteiger partial charge in [-0.05, 0) is 16.7 Å². The lowest BCUT2D eigenvalue weighted by Gasteiger charge is -2.24. The summed E-state index contributed by atoms with van der Waals surface area (Å²) in [4.78, 5) is 0. The molecule has 1 heterocycles. The predicted octanol–water partition coefficient (Wildman–Crippen LogP) is 4.75. The van der Waals surface area contributed by atoms with Crippen molar-refractivity contribution in [2.45, 2.75) is 44.4 Å². The number of ether oxygens (including phenoxy) is 5. The van der Waals surface area contributed by atoms with E-state index in [2.05, 4.69) is 0 Å². The van der Waals surface area contributed by atoms with E-state index in [1.807, 2.05) is 91.0 Å². The molecule has 168 valence electrons. The summed E-state index contributed by atoms with van der Waals surface area (Å²) in [6, 6.07) is 30.3. The average molecular weight is 435 g/mol. The Morgan fingerprint density at radius 1 is 0.625 bits per heavy atom. The van der Waals surface area contributed by atoms with Crippen LogP contribution in [0, 0.1) is 0 Å². The van der Waals surface area contributed by atoms with Crippen LogP contribution in [0.1, 0.15) is 16.7 Å². The second-order valence-corrected chi connectivity index (χ2v) is 7.80. The highest BCUT2D eigenvalue weighted by atomic mass is 16.7. The molecule has 1 unspecified atom stereocenters. The molecule has 4 rings (SSSR count). The molecular weight excluding hydrogens is 404 g/mol. The largest absolute Gasteiger partial charge is 0.374 e. The molecule has 0 saturated carbocycles. The van der Waals surface area contributed by atoms with E-state index in [9.17, 15) is 0 Å². The Kier molecular flexibility index (Phi) is 8.42. The summed E-state index contributed by atoms with van der Waals surface area (Å²) < 4.78 is 30.3. The first-order chi connectivity index (χ1) is 15.8. The maximum absolute atomic E-state index is 6.33. The van der Waals surface area contributed by atoms with Crippen molar-refractivity contribution in [1.82, 2.24) is 0 Å². The molecular formula is C27H30O5. The van der Waals surface area contributed by atoms with E-state index in [4.69, 9.17) is 23.7 Å². The second kappa shape index (κ2) is 11.9. The Bertz CT molecular complexity index is 903. The van der Waals surface area contributed by atoms with Crippen molar-refractivity contribution in [2.75, 3.05) is 13.7 Å². The molecule has 0 radical (unpaired) electrons. The van der Waals surface area contributed by atoms with E-state index in [0.717, 1.165) is 16.7 Å².